The van der Waals surface area contributed by atoms with Gasteiger partial charge in [-0.2, -0.15) is 0 Å². The third kappa shape index (κ3) is 8.88. The lowest BCUT2D eigenvalue weighted by atomic mass is 9.87. The molecule has 0 N–H and O–H groups in total. The molecule has 1 aliphatic heterocycles. The molecule has 0 bridgehead atoms. The first-order valence-electron chi connectivity index (χ1n) is 13.1. The quantitative estimate of drug-likeness (QED) is 0.228. The van der Waals surface area contributed by atoms with E-state index >= 15 is 0 Å². The Morgan fingerprint density at radius 1 is 1.11 bits per heavy atom. The summed E-state index contributed by atoms with van der Waals surface area (Å²) in [6.45, 7) is 26.2. The average Bonchev–Trinajstić information content (AvgIpc) is 2.76. The highest BCUT2D eigenvalue weighted by atomic mass is 19.2. The fourth-order valence-electron chi connectivity index (χ4n) is 5.17. The van der Waals surface area contributed by atoms with E-state index in [9.17, 15) is 8.78 Å². The van der Waals surface area contributed by atoms with Gasteiger partial charge in [-0.05, 0) is 88.7 Å². The SMILES string of the molecule is C=C(C)C1=C(C)C(C(C)C)N(C)N(C/C=C/C=C(CCCN(CCC)CCC)\C(F)=C(/C)F)C1=C. The molecule has 198 valence electrons. The monoisotopic (exact) mass is 489 g/mol. The van der Waals surface area contributed by atoms with E-state index < -0.39 is 11.7 Å². The first-order chi connectivity index (χ1) is 16.5. The maximum absolute atomic E-state index is 14.6. The Bertz CT molecular complexity index is 838. The van der Waals surface area contributed by atoms with Gasteiger partial charge in [0.2, 0.25) is 0 Å². The molecular formula is C30H49F2N3. The van der Waals surface area contributed by atoms with Gasteiger partial charge in [0, 0.05) is 12.6 Å². The minimum Gasteiger partial charge on any atom is -0.303 e. The Balaban J connectivity index is 3.02. The molecule has 0 aromatic heterocycles. The van der Waals surface area contributed by atoms with Gasteiger partial charge in [-0.3, -0.25) is 0 Å². The second-order valence-electron chi connectivity index (χ2n) is 10.0. The Morgan fingerprint density at radius 3 is 2.20 bits per heavy atom. The number of allylic oxidation sites excluding steroid dienone is 6. The van der Waals surface area contributed by atoms with Gasteiger partial charge in [-0.15, -0.1) is 0 Å². The summed E-state index contributed by atoms with van der Waals surface area (Å²) in [5.74, 6) is -1.08. The van der Waals surface area contributed by atoms with Crippen molar-refractivity contribution in [1.82, 2.24) is 14.9 Å². The Labute approximate surface area is 214 Å². The van der Waals surface area contributed by atoms with Crippen LogP contribution in [0.1, 0.15) is 74.1 Å². The van der Waals surface area contributed by atoms with Gasteiger partial charge >= 0.3 is 0 Å². The van der Waals surface area contributed by atoms with E-state index in [1.54, 1.807) is 6.08 Å². The van der Waals surface area contributed by atoms with Crippen molar-refractivity contribution in [2.75, 3.05) is 33.2 Å². The van der Waals surface area contributed by atoms with Gasteiger partial charge in [0.1, 0.15) is 5.83 Å². The van der Waals surface area contributed by atoms with E-state index in [0.29, 0.717) is 24.5 Å². The van der Waals surface area contributed by atoms with Crippen molar-refractivity contribution in [1.29, 1.82) is 0 Å². The van der Waals surface area contributed by atoms with Crippen LogP contribution in [-0.2, 0) is 0 Å². The maximum Gasteiger partial charge on any atom is 0.157 e. The van der Waals surface area contributed by atoms with Gasteiger partial charge in [-0.25, -0.2) is 13.8 Å². The molecule has 1 unspecified atom stereocenters. The van der Waals surface area contributed by atoms with Crippen LogP contribution in [0.5, 0.6) is 0 Å². The first-order valence-corrected chi connectivity index (χ1v) is 13.1. The summed E-state index contributed by atoms with van der Waals surface area (Å²) in [4.78, 5) is 2.40. The van der Waals surface area contributed by atoms with Gasteiger partial charge < -0.3 is 9.91 Å². The van der Waals surface area contributed by atoms with Crippen molar-refractivity contribution in [3.05, 3.63) is 71.0 Å². The van der Waals surface area contributed by atoms with Crippen LogP contribution in [-0.4, -0.2) is 54.2 Å². The topological polar surface area (TPSA) is 9.72 Å². The van der Waals surface area contributed by atoms with E-state index in [-0.39, 0.29) is 6.04 Å². The third-order valence-electron chi connectivity index (χ3n) is 6.58. The van der Waals surface area contributed by atoms with Crippen LogP contribution >= 0.6 is 0 Å². The van der Waals surface area contributed by atoms with Gasteiger partial charge in [0.15, 0.2) is 5.83 Å². The molecule has 1 atom stereocenters. The molecule has 0 radical (unpaired) electrons. The summed E-state index contributed by atoms with van der Waals surface area (Å²) in [6, 6.07) is 0.246. The van der Waals surface area contributed by atoms with Crippen molar-refractivity contribution < 1.29 is 8.78 Å². The molecule has 1 rings (SSSR count). The van der Waals surface area contributed by atoms with E-state index in [2.05, 4.69) is 69.7 Å². The number of hydrazine groups is 1. The Hall–Kier alpha value is -1.98. The zero-order valence-electron chi connectivity index (χ0n) is 23.6. The minimum absolute atomic E-state index is 0.246. The van der Waals surface area contributed by atoms with E-state index in [1.165, 1.54) is 12.5 Å². The van der Waals surface area contributed by atoms with Crippen LogP contribution in [0.4, 0.5) is 8.78 Å². The van der Waals surface area contributed by atoms with Crippen molar-refractivity contribution in [3.8, 4) is 0 Å². The highest BCUT2D eigenvalue weighted by Gasteiger charge is 2.33. The predicted molar refractivity (Wildman–Crippen MR) is 148 cm³/mol. The number of hydrogen-bond acceptors (Lipinski definition) is 3. The smallest absolute Gasteiger partial charge is 0.157 e. The van der Waals surface area contributed by atoms with Crippen molar-refractivity contribution in [2.45, 2.75) is 80.2 Å². The molecule has 0 saturated heterocycles. The maximum atomic E-state index is 14.6. The normalized spacial score (nSPS) is 19.0. The first kappa shape index (κ1) is 31.1. The zero-order valence-corrected chi connectivity index (χ0v) is 23.6. The second kappa shape index (κ2) is 15.2. The molecule has 1 heterocycles. The number of hydrogen-bond donors (Lipinski definition) is 0. The van der Waals surface area contributed by atoms with E-state index in [0.717, 1.165) is 55.7 Å². The van der Waals surface area contributed by atoms with Crippen LogP contribution in [0, 0.1) is 5.92 Å². The lowest BCUT2D eigenvalue weighted by Gasteiger charge is -2.47. The summed E-state index contributed by atoms with van der Waals surface area (Å²) in [5.41, 5.74) is 4.75. The molecule has 0 fully saturated rings. The molecular weight excluding hydrogens is 440 g/mol. The largest absolute Gasteiger partial charge is 0.303 e. The molecule has 0 amide bonds. The van der Waals surface area contributed by atoms with Crippen molar-refractivity contribution >= 4 is 0 Å². The van der Waals surface area contributed by atoms with Crippen LogP contribution in [0.15, 0.2) is 71.0 Å². The van der Waals surface area contributed by atoms with Crippen molar-refractivity contribution in [3.63, 3.8) is 0 Å². The fraction of sp³-hybridized carbons (Fsp3) is 0.600. The molecule has 3 nitrogen and oxygen atoms in total. The van der Waals surface area contributed by atoms with Crippen LogP contribution in [0.2, 0.25) is 0 Å². The summed E-state index contributed by atoms with van der Waals surface area (Å²) < 4.78 is 28.3. The van der Waals surface area contributed by atoms with Crippen LogP contribution in [0.3, 0.4) is 0 Å². The zero-order chi connectivity index (χ0) is 26.7. The van der Waals surface area contributed by atoms with Crippen LogP contribution in [0.25, 0.3) is 0 Å². The summed E-state index contributed by atoms with van der Waals surface area (Å²) >= 11 is 0. The molecule has 1 aliphatic rings. The number of nitrogens with zero attached hydrogens (tertiary/aromatic N) is 3. The molecule has 0 spiro atoms. The molecule has 0 saturated carbocycles. The molecule has 0 aromatic rings. The molecule has 0 aliphatic carbocycles. The molecule has 0 aromatic carbocycles. The predicted octanol–water partition coefficient (Wildman–Crippen LogP) is 8.14. The van der Waals surface area contributed by atoms with E-state index in [4.69, 9.17) is 0 Å². The number of likely N-dealkylation sites (N-methyl/N-ethyl adjacent to an activating group) is 1. The second-order valence-corrected chi connectivity index (χ2v) is 10.0. The number of rotatable bonds is 14. The Kier molecular flexibility index (Phi) is 13.5. The Morgan fingerprint density at radius 2 is 1.71 bits per heavy atom. The average molecular weight is 490 g/mol. The lowest BCUT2D eigenvalue weighted by Crippen LogP contribution is -2.52. The van der Waals surface area contributed by atoms with Gasteiger partial charge in [-0.1, -0.05) is 59.1 Å². The summed E-state index contributed by atoms with van der Waals surface area (Å²) in [5, 5.41) is 4.37. The van der Waals surface area contributed by atoms with Gasteiger partial charge in [0.25, 0.3) is 0 Å². The highest BCUT2D eigenvalue weighted by molar-refractivity contribution is 5.49. The molecule has 35 heavy (non-hydrogen) atoms. The number of halogens is 2. The summed E-state index contributed by atoms with van der Waals surface area (Å²) in [7, 11) is 2.08. The fourth-order valence-corrected chi connectivity index (χ4v) is 5.17. The minimum atomic E-state index is -0.765. The van der Waals surface area contributed by atoms with Crippen molar-refractivity contribution in [2.24, 2.45) is 5.92 Å². The molecule has 5 heteroatoms. The van der Waals surface area contributed by atoms with E-state index in [1.807, 2.05) is 19.1 Å². The van der Waals surface area contributed by atoms with Gasteiger partial charge in [0.05, 0.1) is 18.3 Å². The lowest BCUT2D eigenvalue weighted by molar-refractivity contribution is -0.00560. The highest BCUT2D eigenvalue weighted by Crippen LogP contribution is 2.36. The van der Waals surface area contributed by atoms with Crippen LogP contribution < -0.4 is 0 Å². The summed E-state index contributed by atoms with van der Waals surface area (Å²) in [6.07, 6.45) is 9.04. The third-order valence-corrected chi connectivity index (χ3v) is 6.58. The standard InChI is InChI=1S/C30H49F2N3/c1-11-18-34(19-12-2)20-15-17-27(29(32)25(8)31)16-13-14-21-35-26(9)28(22(3)4)24(7)30(23(5)6)33(35)10/h13-14,16,23,30H,3,9,11-12,15,17-21H2,1-2,4-8,10H3/b14-13+,27-16-,29-25-.